The van der Waals surface area contributed by atoms with Crippen molar-refractivity contribution in [1.82, 2.24) is 4.90 Å². The first-order valence-corrected chi connectivity index (χ1v) is 6.62. The molecule has 0 N–H and O–H groups in total. The Balaban J connectivity index is 1.99. The minimum atomic E-state index is -0.0971. The molecular weight excluding hydrogens is 214 g/mol. The fourth-order valence-electron chi connectivity index (χ4n) is 4.33. The van der Waals surface area contributed by atoms with Gasteiger partial charge in [-0.15, -0.1) is 6.58 Å². The van der Waals surface area contributed by atoms with Crippen LogP contribution in [0.3, 0.4) is 0 Å². The zero-order chi connectivity index (χ0) is 12.0. The number of hydrogen-bond acceptors (Lipinski definition) is 2. The Morgan fingerprint density at radius 2 is 2.24 bits per heavy atom. The van der Waals surface area contributed by atoms with Crippen molar-refractivity contribution in [2.24, 2.45) is 5.92 Å². The first-order valence-electron chi connectivity index (χ1n) is 6.62. The van der Waals surface area contributed by atoms with Gasteiger partial charge in [0.05, 0.1) is 5.54 Å². The van der Waals surface area contributed by atoms with Crippen LogP contribution in [-0.2, 0) is 9.59 Å². The van der Waals surface area contributed by atoms with E-state index in [4.69, 9.17) is 0 Å². The van der Waals surface area contributed by atoms with E-state index in [0.717, 1.165) is 19.3 Å². The minimum Gasteiger partial charge on any atom is -0.333 e. The second-order valence-electron chi connectivity index (χ2n) is 5.76. The van der Waals surface area contributed by atoms with Crippen LogP contribution in [0.1, 0.15) is 44.9 Å². The number of amides is 1. The van der Waals surface area contributed by atoms with E-state index < -0.39 is 0 Å². The fraction of sp³-hybridized carbons (Fsp3) is 0.714. The Morgan fingerprint density at radius 1 is 1.41 bits per heavy atom. The molecule has 3 rings (SSSR count). The van der Waals surface area contributed by atoms with E-state index >= 15 is 0 Å². The number of nitrogens with zero attached hydrogens (tertiary/aromatic N) is 1. The number of ketones is 1. The summed E-state index contributed by atoms with van der Waals surface area (Å²) >= 11 is 0. The van der Waals surface area contributed by atoms with Crippen LogP contribution < -0.4 is 0 Å². The van der Waals surface area contributed by atoms with Crippen LogP contribution in [0.2, 0.25) is 0 Å². The van der Waals surface area contributed by atoms with Gasteiger partial charge in [0.2, 0.25) is 5.91 Å². The molecule has 0 aromatic carbocycles. The van der Waals surface area contributed by atoms with Crippen molar-refractivity contribution in [3.8, 4) is 0 Å². The minimum absolute atomic E-state index is 0.0874. The molecule has 2 aliphatic heterocycles. The van der Waals surface area contributed by atoms with Crippen molar-refractivity contribution in [2.75, 3.05) is 0 Å². The van der Waals surface area contributed by atoms with Crippen LogP contribution in [-0.4, -0.2) is 28.2 Å². The van der Waals surface area contributed by atoms with E-state index in [1.54, 1.807) is 0 Å². The van der Waals surface area contributed by atoms with Gasteiger partial charge < -0.3 is 4.90 Å². The average Bonchev–Trinajstić information content (AvgIpc) is 2.71. The molecule has 0 radical (unpaired) electrons. The van der Waals surface area contributed by atoms with Gasteiger partial charge in [0.25, 0.3) is 0 Å². The molecule has 1 saturated carbocycles. The third kappa shape index (κ3) is 1.41. The second kappa shape index (κ2) is 3.69. The van der Waals surface area contributed by atoms with Crippen LogP contribution >= 0.6 is 0 Å². The third-order valence-corrected chi connectivity index (χ3v) is 4.86. The maximum Gasteiger partial charge on any atom is 0.223 e. The Kier molecular flexibility index (Phi) is 2.39. The van der Waals surface area contributed by atoms with Gasteiger partial charge in [0, 0.05) is 25.3 Å². The van der Waals surface area contributed by atoms with Crippen LogP contribution in [0.15, 0.2) is 12.7 Å². The molecule has 17 heavy (non-hydrogen) atoms. The second-order valence-corrected chi connectivity index (χ2v) is 5.76. The normalized spacial score (nSPS) is 40.4. The molecule has 0 aromatic heterocycles. The lowest BCUT2D eigenvalue weighted by molar-refractivity contribution is -0.142. The highest BCUT2D eigenvalue weighted by Gasteiger charge is 2.59. The van der Waals surface area contributed by atoms with Crippen LogP contribution in [0.4, 0.5) is 0 Å². The van der Waals surface area contributed by atoms with Crippen LogP contribution in [0.5, 0.6) is 0 Å². The maximum absolute atomic E-state index is 12.2. The molecule has 3 nitrogen and oxygen atoms in total. The van der Waals surface area contributed by atoms with Gasteiger partial charge in [0.15, 0.2) is 0 Å². The summed E-state index contributed by atoms with van der Waals surface area (Å²) in [6.07, 6.45) is 7.73. The van der Waals surface area contributed by atoms with E-state index in [2.05, 4.69) is 11.5 Å². The molecule has 0 bridgehead atoms. The van der Waals surface area contributed by atoms with E-state index in [9.17, 15) is 9.59 Å². The summed E-state index contributed by atoms with van der Waals surface area (Å²) in [5.74, 6) is 1.05. The predicted molar refractivity (Wildman–Crippen MR) is 64.4 cm³/mol. The van der Waals surface area contributed by atoms with Gasteiger partial charge >= 0.3 is 0 Å². The smallest absolute Gasteiger partial charge is 0.223 e. The molecule has 3 atom stereocenters. The highest BCUT2D eigenvalue weighted by Crippen LogP contribution is 2.53. The molecule has 2 heterocycles. The number of rotatable bonds is 2. The average molecular weight is 233 g/mol. The van der Waals surface area contributed by atoms with E-state index in [0.29, 0.717) is 31.0 Å². The number of hydrogen-bond donors (Lipinski definition) is 0. The van der Waals surface area contributed by atoms with Gasteiger partial charge in [-0.25, -0.2) is 0 Å². The highest BCUT2D eigenvalue weighted by molar-refractivity contribution is 5.88. The summed E-state index contributed by atoms with van der Waals surface area (Å²) in [6.45, 7) is 3.75. The van der Waals surface area contributed by atoms with Crippen molar-refractivity contribution >= 4 is 11.7 Å². The van der Waals surface area contributed by atoms with E-state index in [1.807, 2.05) is 6.08 Å². The molecule has 1 aliphatic carbocycles. The lowest BCUT2D eigenvalue weighted by Crippen LogP contribution is -2.57. The molecule has 1 spiro atoms. The van der Waals surface area contributed by atoms with Crippen molar-refractivity contribution in [3.63, 3.8) is 0 Å². The van der Waals surface area contributed by atoms with Gasteiger partial charge in [0.1, 0.15) is 5.78 Å². The molecule has 3 heteroatoms. The Labute approximate surface area is 102 Å². The number of Topliss-reactive ketones (excluding diaryl/α,β-unsaturated/α-hetero) is 1. The summed E-state index contributed by atoms with van der Waals surface area (Å²) in [6, 6.07) is 0.0874. The Hall–Kier alpha value is -1.12. The molecule has 3 aliphatic rings. The van der Waals surface area contributed by atoms with Crippen molar-refractivity contribution in [3.05, 3.63) is 12.7 Å². The number of carbonyl (C=O) groups excluding carboxylic acids is 2. The first kappa shape index (κ1) is 11.0. The van der Waals surface area contributed by atoms with Crippen molar-refractivity contribution in [1.29, 1.82) is 0 Å². The van der Waals surface area contributed by atoms with Gasteiger partial charge in [-0.1, -0.05) is 12.5 Å². The number of carbonyl (C=O) groups is 2. The number of piperidine rings is 1. The largest absolute Gasteiger partial charge is 0.333 e. The van der Waals surface area contributed by atoms with Crippen molar-refractivity contribution in [2.45, 2.75) is 56.5 Å². The molecule has 3 fully saturated rings. The molecule has 2 saturated heterocycles. The molecule has 0 aromatic rings. The topological polar surface area (TPSA) is 37.4 Å². The molecular formula is C14H19NO2. The summed E-state index contributed by atoms with van der Waals surface area (Å²) in [5, 5.41) is 0. The fourth-order valence-corrected chi connectivity index (χ4v) is 4.33. The lowest BCUT2D eigenvalue weighted by atomic mass is 9.78. The Morgan fingerprint density at radius 3 is 3.00 bits per heavy atom. The zero-order valence-electron chi connectivity index (χ0n) is 10.2. The standard InChI is InChI=1S/C14H19NO2/c1-2-4-11-8-12(16)9-14-6-3-5-10(14)7-13(17)15(11)14/h2,10-11H,1,3-9H2/t10-,11+,14+/m1/s1. The van der Waals surface area contributed by atoms with Crippen LogP contribution in [0.25, 0.3) is 0 Å². The highest BCUT2D eigenvalue weighted by atomic mass is 16.2. The van der Waals surface area contributed by atoms with Crippen molar-refractivity contribution < 1.29 is 9.59 Å². The van der Waals surface area contributed by atoms with Gasteiger partial charge in [-0.05, 0) is 25.2 Å². The maximum atomic E-state index is 12.2. The van der Waals surface area contributed by atoms with E-state index in [1.165, 1.54) is 6.42 Å². The molecule has 1 amide bonds. The SMILES string of the molecule is C=CC[C@H]1CC(=O)C[C@@]23CCC[C@@H]2CC(=O)N13. The van der Waals surface area contributed by atoms with Gasteiger partial charge in [-0.2, -0.15) is 0 Å². The summed E-state index contributed by atoms with van der Waals surface area (Å²) in [4.78, 5) is 26.2. The monoisotopic (exact) mass is 233 g/mol. The lowest BCUT2D eigenvalue weighted by Gasteiger charge is -2.46. The first-order chi connectivity index (χ1) is 8.17. The quantitative estimate of drug-likeness (QED) is 0.685. The van der Waals surface area contributed by atoms with Gasteiger partial charge in [-0.3, -0.25) is 9.59 Å². The zero-order valence-corrected chi connectivity index (χ0v) is 10.2. The Bertz CT molecular complexity index is 390. The molecule has 92 valence electrons. The summed E-state index contributed by atoms with van der Waals surface area (Å²) < 4.78 is 0. The summed E-state index contributed by atoms with van der Waals surface area (Å²) in [5.41, 5.74) is -0.0971. The third-order valence-electron chi connectivity index (χ3n) is 4.86. The predicted octanol–water partition coefficient (Wildman–Crippen LogP) is 2.07. The van der Waals surface area contributed by atoms with E-state index in [-0.39, 0.29) is 17.5 Å². The molecule has 0 unspecified atom stereocenters. The van der Waals surface area contributed by atoms with Crippen LogP contribution in [0, 0.1) is 5.92 Å². The summed E-state index contributed by atoms with van der Waals surface area (Å²) in [7, 11) is 0.